The average Bonchev–Trinajstić information content (AvgIpc) is 2.17. The van der Waals surface area contributed by atoms with Crippen LogP contribution in [0, 0.1) is 0 Å². The standard InChI is InChI=1S/C12H22O2/c1-3-5-6-7-8-9-11-14-12(13)10-4-2/h8-9H,3-7,10-11H2,1-2H3/b9-8+. The Bertz CT molecular complexity index is 162. The summed E-state index contributed by atoms with van der Waals surface area (Å²) < 4.78 is 4.96. The Morgan fingerprint density at radius 2 is 1.93 bits per heavy atom. The number of allylic oxidation sites excluding steroid dienone is 1. The molecule has 0 aromatic rings. The third kappa shape index (κ3) is 9.30. The molecule has 0 aliphatic rings. The van der Waals surface area contributed by atoms with Gasteiger partial charge in [-0.05, 0) is 19.3 Å². The molecule has 0 N–H and O–H groups in total. The largest absolute Gasteiger partial charge is 0.461 e. The van der Waals surface area contributed by atoms with Crippen LogP contribution in [0.2, 0.25) is 0 Å². The minimum atomic E-state index is -0.0919. The van der Waals surface area contributed by atoms with Crippen molar-refractivity contribution in [3.8, 4) is 0 Å². The molecule has 2 nitrogen and oxygen atoms in total. The van der Waals surface area contributed by atoms with Gasteiger partial charge in [-0.2, -0.15) is 0 Å². The summed E-state index contributed by atoms with van der Waals surface area (Å²) in [6.07, 6.45) is 10.3. The number of hydrogen-bond donors (Lipinski definition) is 0. The third-order valence-electron chi connectivity index (χ3n) is 1.94. The van der Waals surface area contributed by atoms with Crippen LogP contribution in [0.1, 0.15) is 52.4 Å². The van der Waals surface area contributed by atoms with E-state index < -0.39 is 0 Å². The van der Waals surface area contributed by atoms with E-state index in [1.807, 2.05) is 13.0 Å². The molecule has 0 spiro atoms. The molecular weight excluding hydrogens is 176 g/mol. The van der Waals surface area contributed by atoms with Crippen LogP contribution >= 0.6 is 0 Å². The fraction of sp³-hybridized carbons (Fsp3) is 0.750. The molecule has 0 amide bonds. The van der Waals surface area contributed by atoms with Crippen LogP contribution in [-0.4, -0.2) is 12.6 Å². The maximum atomic E-state index is 10.9. The number of hydrogen-bond acceptors (Lipinski definition) is 2. The Kier molecular flexibility index (Phi) is 9.71. The molecule has 0 atom stereocenters. The summed E-state index contributed by atoms with van der Waals surface area (Å²) in [4.78, 5) is 10.9. The lowest BCUT2D eigenvalue weighted by atomic mass is 10.2. The summed E-state index contributed by atoms with van der Waals surface area (Å²) in [5.74, 6) is -0.0919. The molecule has 0 rings (SSSR count). The van der Waals surface area contributed by atoms with E-state index in [9.17, 15) is 4.79 Å². The molecule has 0 saturated carbocycles. The number of rotatable bonds is 8. The van der Waals surface area contributed by atoms with E-state index in [0.29, 0.717) is 13.0 Å². The Labute approximate surface area is 87.3 Å². The lowest BCUT2D eigenvalue weighted by Crippen LogP contribution is -2.02. The average molecular weight is 198 g/mol. The summed E-state index contributed by atoms with van der Waals surface area (Å²) in [5, 5.41) is 0. The Hall–Kier alpha value is -0.790. The smallest absolute Gasteiger partial charge is 0.306 e. The van der Waals surface area contributed by atoms with Gasteiger partial charge in [-0.3, -0.25) is 4.79 Å². The second kappa shape index (κ2) is 10.3. The summed E-state index contributed by atoms with van der Waals surface area (Å²) in [5.41, 5.74) is 0. The Morgan fingerprint density at radius 3 is 2.57 bits per heavy atom. The van der Waals surface area contributed by atoms with Crippen molar-refractivity contribution >= 4 is 5.97 Å². The molecule has 2 heteroatoms. The highest BCUT2D eigenvalue weighted by molar-refractivity contribution is 5.69. The van der Waals surface area contributed by atoms with Crippen molar-refractivity contribution in [2.75, 3.05) is 6.61 Å². The summed E-state index contributed by atoms with van der Waals surface area (Å²) in [6.45, 7) is 4.60. The number of unbranched alkanes of at least 4 members (excludes halogenated alkanes) is 3. The molecule has 0 saturated heterocycles. The van der Waals surface area contributed by atoms with E-state index in [0.717, 1.165) is 12.8 Å². The van der Waals surface area contributed by atoms with Crippen molar-refractivity contribution in [1.82, 2.24) is 0 Å². The normalized spacial score (nSPS) is 10.7. The first kappa shape index (κ1) is 13.2. The van der Waals surface area contributed by atoms with Gasteiger partial charge in [0, 0.05) is 6.42 Å². The zero-order chi connectivity index (χ0) is 10.6. The third-order valence-corrected chi connectivity index (χ3v) is 1.94. The van der Waals surface area contributed by atoms with Gasteiger partial charge in [-0.1, -0.05) is 38.8 Å². The lowest BCUT2D eigenvalue weighted by Gasteiger charge is -1.98. The quantitative estimate of drug-likeness (QED) is 0.339. The Balaban J connectivity index is 3.21. The molecule has 0 aliphatic heterocycles. The van der Waals surface area contributed by atoms with Gasteiger partial charge in [-0.25, -0.2) is 0 Å². The molecule has 0 aliphatic carbocycles. The van der Waals surface area contributed by atoms with Gasteiger partial charge in [-0.15, -0.1) is 0 Å². The summed E-state index contributed by atoms with van der Waals surface area (Å²) in [6, 6.07) is 0. The maximum absolute atomic E-state index is 10.9. The Morgan fingerprint density at radius 1 is 1.14 bits per heavy atom. The first-order chi connectivity index (χ1) is 6.81. The fourth-order valence-corrected chi connectivity index (χ4v) is 1.12. The first-order valence-corrected chi connectivity index (χ1v) is 5.61. The van der Waals surface area contributed by atoms with E-state index in [1.165, 1.54) is 19.3 Å². The van der Waals surface area contributed by atoms with Crippen LogP contribution in [0.15, 0.2) is 12.2 Å². The summed E-state index contributed by atoms with van der Waals surface area (Å²) in [7, 11) is 0. The minimum Gasteiger partial charge on any atom is -0.461 e. The SMILES string of the molecule is CCCCC/C=C/COC(=O)CCC. The second-order valence-electron chi connectivity index (χ2n) is 3.40. The molecule has 0 unspecified atom stereocenters. The number of esters is 1. The molecule has 0 heterocycles. The number of carbonyl (C=O) groups excluding carboxylic acids is 1. The van der Waals surface area contributed by atoms with Gasteiger partial charge in [0.05, 0.1) is 0 Å². The van der Waals surface area contributed by atoms with Crippen molar-refractivity contribution in [2.45, 2.75) is 52.4 Å². The van der Waals surface area contributed by atoms with Crippen LogP contribution in [0.3, 0.4) is 0 Å². The van der Waals surface area contributed by atoms with Crippen LogP contribution in [0.5, 0.6) is 0 Å². The van der Waals surface area contributed by atoms with Crippen molar-refractivity contribution in [2.24, 2.45) is 0 Å². The van der Waals surface area contributed by atoms with Crippen LogP contribution in [0.25, 0.3) is 0 Å². The second-order valence-corrected chi connectivity index (χ2v) is 3.40. The molecular formula is C12H22O2. The molecule has 0 fully saturated rings. The highest BCUT2D eigenvalue weighted by atomic mass is 16.5. The molecule has 0 bridgehead atoms. The van der Waals surface area contributed by atoms with Gasteiger partial charge >= 0.3 is 5.97 Å². The van der Waals surface area contributed by atoms with E-state index >= 15 is 0 Å². The van der Waals surface area contributed by atoms with Crippen molar-refractivity contribution in [3.63, 3.8) is 0 Å². The van der Waals surface area contributed by atoms with Crippen molar-refractivity contribution in [3.05, 3.63) is 12.2 Å². The predicted molar refractivity (Wildman–Crippen MR) is 59.1 cm³/mol. The number of ether oxygens (including phenoxy) is 1. The van der Waals surface area contributed by atoms with Gasteiger partial charge in [0.2, 0.25) is 0 Å². The topological polar surface area (TPSA) is 26.3 Å². The minimum absolute atomic E-state index is 0.0919. The number of carbonyl (C=O) groups is 1. The predicted octanol–water partition coefficient (Wildman–Crippen LogP) is 3.47. The maximum Gasteiger partial charge on any atom is 0.306 e. The van der Waals surface area contributed by atoms with Crippen molar-refractivity contribution < 1.29 is 9.53 Å². The van der Waals surface area contributed by atoms with Crippen LogP contribution in [0.4, 0.5) is 0 Å². The van der Waals surface area contributed by atoms with Crippen LogP contribution < -0.4 is 0 Å². The van der Waals surface area contributed by atoms with Gasteiger partial charge in [0.25, 0.3) is 0 Å². The van der Waals surface area contributed by atoms with Gasteiger partial charge in [0.15, 0.2) is 0 Å². The zero-order valence-electron chi connectivity index (χ0n) is 9.42. The van der Waals surface area contributed by atoms with E-state index in [-0.39, 0.29) is 5.97 Å². The van der Waals surface area contributed by atoms with E-state index in [1.54, 1.807) is 0 Å². The lowest BCUT2D eigenvalue weighted by molar-refractivity contribution is -0.142. The van der Waals surface area contributed by atoms with Crippen molar-refractivity contribution in [1.29, 1.82) is 0 Å². The highest BCUT2D eigenvalue weighted by Gasteiger charge is 1.96. The first-order valence-electron chi connectivity index (χ1n) is 5.61. The molecule has 82 valence electrons. The van der Waals surface area contributed by atoms with Gasteiger partial charge in [0.1, 0.15) is 6.61 Å². The van der Waals surface area contributed by atoms with E-state index in [2.05, 4.69) is 13.0 Å². The summed E-state index contributed by atoms with van der Waals surface area (Å²) >= 11 is 0. The van der Waals surface area contributed by atoms with E-state index in [4.69, 9.17) is 4.74 Å². The highest BCUT2D eigenvalue weighted by Crippen LogP contribution is 1.99. The molecule has 0 aromatic carbocycles. The fourth-order valence-electron chi connectivity index (χ4n) is 1.12. The zero-order valence-corrected chi connectivity index (χ0v) is 9.42. The monoisotopic (exact) mass is 198 g/mol. The molecule has 14 heavy (non-hydrogen) atoms. The van der Waals surface area contributed by atoms with Crippen LogP contribution in [-0.2, 0) is 9.53 Å². The molecule has 0 aromatic heterocycles. The van der Waals surface area contributed by atoms with Gasteiger partial charge < -0.3 is 4.74 Å². The molecule has 0 radical (unpaired) electrons.